The number of methoxy groups -OCH3 is 1. The first-order chi connectivity index (χ1) is 17.5. The van der Waals surface area contributed by atoms with Gasteiger partial charge in [-0.3, -0.25) is 9.36 Å². The summed E-state index contributed by atoms with van der Waals surface area (Å²) in [6.07, 6.45) is 3.81. The molecule has 0 radical (unpaired) electrons. The molecule has 36 heavy (non-hydrogen) atoms. The predicted octanol–water partition coefficient (Wildman–Crippen LogP) is 5.45. The smallest absolute Gasteiger partial charge is 0.271 e. The normalized spacial score (nSPS) is 16.9. The van der Waals surface area contributed by atoms with Gasteiger partial charge in [0.1, 0.15) is 5.75 Å². The van der Waals surface area contributed by atoms with Gasteiger partial charge in [-0.25, -0.2) is 4.99 Å². The quantitative estimate of drug-likeness (QED) is 0.380. The zero-order valence-corrected chi connectivity index (χ0v) is 21.5. The third kappa shape index (κ3) is 3.84. The van der Waals surface area contributed by atoms with E-state index in [2.05, 4.69) is 68.4 Å². The van der Waals surface area contributed by atoms with Gasteiger partial charge in [0.05, 0.1) is 23.4 Å². The fourth-order valence-corrected chi connectivity index (χ4v) is 6.26. The third-order valence-corrected chi connectivity index (χ3v) is 8.17. The van der Waals surface area contributed by atoms with Crippen LogP contribution in [0.25, 0.3) is 11.8 Å². The van der Waals surface area contributed by atoms with Crippen LogP contribution in [0.2, 0.25) is 0 Å². The van der Waals surface area contributed by atoms with Gasteiger partial charge in [-0.2, -0.15) is 0 Å². The first-order valence-corrected chi connectivity index (χ1v) is 13.2. The second kappa shape index (κ2) is 9.07. The van der Waals surface area contributed by atoms with Gasteiger partial charge in [0, 0.05) is 5.56 Å². The molecule has 1 aliphatic heterocycles. The van der Waals surface area contributed by atoms with Crippen LogP contribution in [0.5, 0.6) is 5.75 Å². The van der Waals surface area contributed by atoms with Gasteiger partial charge in [0.25, 0.3) is 5.56 Å². The number of fused-ring (bicyclic) bond motifs is 3. The second-order valence-corrected chi connectivity index (χ2v) is 10.7. The van der Waals surface area contributed by atoms with Crippen LogP contribution in [0.4, 0.5) is 0 Å². The van der Waals surface area contributed by atoms with Crippen molar-refractivity contribution in [3.05, 3.63) is 126 Å². The van der Waals surface area contributed by atoms with Gasteiger partial charge in [-0.15, -0.1) is 0 Å². The van der Waals surface area contributed by atoms with Gasteiger partial charge < -0.3 is 4.74 Å². The van der Waals surface area contributed by atoms with Crippen LogP contribution in [-0.4, -0.2) is 11.7 Å². The average Bonchev–Trinajstić information content (AvgIpc) is 3.22. The lowest BCUT2D eigenvalue weighted by Crippen LogP contribution is -2.38. The summed E-state index contributed by atoms with van der Waals surface area (Å²) in [6, 6.07) is 24.8. The molecule has 0 bridgehead atoms. The summed E-state index contributed by atoms with van der Waals surface area (Å²) in [7, 11) is 1.68. The number of allylic oxidation sites excluding steroid dienone is 1. The third-order valence-electron chi connectivity index (χ3n) is 7.18. The zero-order chi connectivity index (χ0) is 24.8. The molecule has 6 rings (SSSR count). The SMILES string of the molecule is COc1cccc([C@H]2C3=C(N=c4s/c(=C/c5ccc(C(C)C)cc5)c(=O)n42)c2ccccc2CC3)c1. The van der Waals surface area contributed by atoms with Crippen molar-refractivity contribution in [2.24, 2.45) is 4.99 Å². The molecule has 1 aromatic heterocycles. The number of aryl methyl sites for hydroxylation is 1. The van der Waals surface area contributed by atoms with Crippen molar-refractivity contribution >= 4 is 23.1 Å². The van der Waals surface area contributed by atoms with E-state index in [0.717, 1.165) is 40.2 Å². The molecule has 0 saturated heterocycles. The van der Waals surface area contributed by atoms with Crippen LogP contribution in [0.1, 0.15) is 60.0 Å². The van der Waals surface area contributed by atoms with E-state index in [1.54, 1.807) is 7.11 Å². The monoisotopic (exact) mass is 492 g/mol. The van der Waals surface area contributed by atoms with E-state index in [1.165, 1.54) is 33.6 Å². The minimum Gasteiger partial charge on any atom is -0.497 e. The molecule has 3 aromatic carbocycles. The molecular weight excluding hydrogens is 464 g/mol. The summed E-state index contributed by atoms with van der Waals surface area (Å²) >= 11 is 1.47. The van der Waals surface area contributed by atoms with Crippen molar-refractivity contribution < 1.29 is 4.74 Å². The molecule has 0 fully saturated rings. The Hall–Kier alpha value is -3.70. The predicted molar refractivity (Wildman–Crippen MR) is 146 cm³/mol. The minimum atomic E-state index is -0.204. The van der Waals surface area contributed by atoms with Crippen molar-refractivity contribution in [2.45, 2.75) is 38.6 Å². The Bertz CT molecular complexity index is 1670. The van der Waals surface area contributed by atoms with Crippen LogP contribution < -0.4 is 19.6 Å². The standard InChI is InChI=1S/C31H28N2O2S/c1-19(2)21-13-11-20(12-14-21)17-27-30(34)33-29(23-8-6-9-24(18-23)35-3)26-16-15-22-7-4-5-10-25(22)28(26)32-31(33)36-27/h4-14,17-19,29H,15-16H2,1-3H3/b27-17+/t29-/m0/s1. The van der Waals surface area contributed by atoms with E-state index in [-0.39, 0.29) is 11.6 Å². The fraction of sp³-hybridized carbons (Fsp3) is 0.226. The Labute approximate surface area is 214 Å². The Morgan fingerprint density at radius 2 is 1.83 bits per heavy atom. The molecule has 4 nitrogen and oxygen atoms in total. The summed E-state index contributed by atoms with van der Waals surface area (Å²) in [5.74, 6) is 1.26. The molecule has 0 N–H and O–H groups in total. The maximum atomic E-state index is 13.9. The topological polar surface area (TPSA) is 43.6 Å². The van der Waals surface area contributed by atoms with Crippen LogP contribution >= 0.6 is 11.3 Å². The number of ether oxygens (including phenoxy) is 1. The van der Waals surface area contributed by atoms with E-state index in [1.807, 2.05) is 28.8 Å². The van der Waals surface area contributed by atoms with Crippen molar-refractivity contribution in [1.29, 1.82) is 0 Å². The average molecular weight is 493 g/mol. The van der Waals surface area contributed by atoms with E-state index >= 15 is 0 Å². The molecule has 0 unspecified atom stereocenters. The zero-order valence-electron chi connectivity index (χ0n) is 20.7. The Morgan fingerprint density at radius 1 is 1.03 bits per heavy atom. The highest BCUT2D eigenvalue weighted by molar-refractivity contribution is 7.07. The van der Waals surface area contributed by atoms with Crippen LogP contribution in [0, 0.1) is 0 Å². The first-order valence-electron chi connectivity index (χ1n) is 12.4. The van der Waals surface area contributed by atoms with Crippen LogP contribution in [0.3, 0.4) is 0 Å². The summed E-state index contributed by atoms with van der Waals surface area (Å²) < 4.78 is 8.13. The van der Waals surface area contributed by atoms with Crippen LogP contribution in [0.15, 0.2) is 88.2 Å². The van der Waals surface area contributed by atoms with Gasteiger partial charge in [0.2, 0.25) is 0 Å². The largest absolute Gasteiger partial charge is 0.497 e. The molecular formula is C31H28N2O2S. The molecule has 2 heterocycles. The lowest BCUT2D eigenvalue weighted by atomic mass is 9.83. The molecule has 2 aliphatic rings. The van der Waals surface area contributed by atoms with E-state index in [4.69, 9.17) is 9.73 Å². The van der Waals surface area contributed by atoms with E-state index in [0.29, 0.717) is 10.5 Å². The van der Waals surface area contributed by atoms with Crippen molar-refractivity contribution in [2.75, 3.05) is 7.11 Å². The van der Waals surface area contributed by atoms with Gasteiger partial charge in [-0.05, 0) is 64.8 Å². The Morgan fingerprint density at radius 3 is 2.61 bits per heavy atom. The summed E-state index contributed by atoms with van der Waals surface area (Å²) in [5.41, 5.74) is 8.06. The molecule has 1 aliphatic carbocycles. The molecule has 0 amide bonds. The number of benzene rings is 3. The first kappa shape index (κ1) is 22.7. The fourth-order valence-electron chi connectivity index (χ4n) is 5.26. The van der Waals surface area contributed by atoms with Gasteiger partial charge in [0.15, 0.2) is 4.80 Å². The second-order valence-electron chi connectivity index (χ2n) is 9.71. The van der Waals surface area contributed by atoms with Gasteiger partial charge >= 0.3 is 0 Å². The number of aromatic nitrogens is 1. The van der Waals surface area contributed by atoms with Crippen molar-refractivity contribution in [1.82, 2.24) is 4.57 Å². The number of thiazole rings is 1. The van der Waals surface area contributed by atoms with Crippen molar-refractivity contribution in [3.63, 3.8) is 0 Å². The van der Waals surface area contributed by atoms with Crippen molar-refractivity contribution in [3.8, 4) is 5.75 Å². The lowest BCUT2D eigenvalue weighted by molar-refractivity contribution is 0.413. The van der Waals surface area contributed by atoms with Crippen LogP contribution in [-0.2, 0) is 6.42 Å². The van der Waals surface area contributed by atoms with E-state index in [9.17, 15) is 4.79 Å². The molecule has 4 aromatic rings. The highest BCUT2D eigenvalue weighted by Gasteiger charge is 2.32. The molecule has 180 valence electrons. The summed E-state index contributed by atoms with van der Waals surface area (Å²) in [4.78, 5) is 19.7. The molecule has 0 spiro atoms. The number of hydrogen-bond acceptors (Lipinski definition) is 4. The highest BCUT2D eigenvalue weighted by atomic mass is 32.1. The lowest BCUT2D eigenvalue weighted by Gasteiger charge is -2.31. The Balaban J connectivity index is 1.57. The summed E-state index contributed by atoms with van der Waals surface area (Å²) in [5, 5.41) is 0. The highest BCUT2D eigenvalue weighted by Crippen LogP contribution is 2.41. The maximum Gasteiger partial charge on any atom is 0.271 e. The molecule has 5 heteroatoms. The molecule has 1 atom stereocenters. The summed E-state index contributed by atoms with van der Waals surface area (Å²) in [6.45, 7) is 4.37. The number of hydrogen-bond donors (Lipinski definition) is 0. The number of rotatable bonds is 4. The Kier molecular flexibility index (Phi) is 5.73. The van der Waals surface area contributed by atoms with E-state index < -0.39 is 0 Å². The maximum absolute atomic E-state index is 13.9. The molecule has 0 saturated carbocycles. The number of nitrogens with zero attached hydrogens (tertiary/aromatic N) is 2. The minimum absolute atomic E-state index is 0.00455. The van der Waals surface area contributed by atoms with Gasteiger partial charge in [-0.1, -0.05) is 85.8 Å².